The molecule has 140 valence electrons. The first kappa shape index (κ1) is 17.5. The number of rotatable bonds is 4. The van der Waals surface area contributed by atoms with Gasteiger partial charge in [0, 0.05) is 48.1 Å². The summed E-state index contributed by atoms with van der Waals surface area (Å²) in [5, 5.41) is 3.90. The molecule has 0 bridgehead atoms. The molecule has 0 spiro atoms. The predicted octanol–water partition coefficient (Wildman–Crippen LogP) is 2.73. The number of nitrogens with zero attached hydrogens (tertiary/aromatic N) is 3. The van der Waals surface area contributed by atoms with E-state index in [1.807, 2.05) is 6.92 Å². The van der Waals surface area contributed by atoms with E-state index < -0.39 is 0 Å². The fraction of sp³-hybridized carbons (Fsp3) is 0.350. The summed E-state index contributed by atoms with van der Waals surface area (Å²) in [6.07, 6.45) is 7.23. The number of aromatic amines is 1. The van der Waals surface area contributed by atoms with Crippen LogP contribution in [0.5, 0.6) is 0 Å². The second-order valence-corrected chi connectivity index (χ2v) is 7.01. The zero-order chi connectivity index (χ0) is 18.8. The molecule has 1 aliphatic rings. The van der Waals surface area contributed by atoms with Crippen LogP contribution in [0.4, 0.5) is 10.2 Å². The molecule has 4 rings (SSSR count). The molecule has 1 fully saturated rings. The van der Waals surface area contributed by atoms with E-state index in [9.17, 15) is 9.18 Å². The fourth-order valence-electron chi connectivity index (χ4n) is 3.78. The Kier molecular flexibility index (Phi) is 4.75. The summed E-state index contributed by atoms with van der Waals surface area (Å²) in [7, 11) is 0. The average molecular weight is 367 g/mol. The first-order chi connectivity index (χ1) is 13.1. The van der Waals surface area contributed by atoms with Gasteiger partial charge in [-0.2, -0.15) is 0 Å². The molecule has 2 N–H and O–H groups in total. The number of benzene rings is 1. The summed E-state index contributed by atoms with van der Waals surface area (Å²) in [5.74, 6) is 0.490. The van der Waals surface area contributed by atoms with Crippen LogP contribution in [0.15, 0.2) is 36.8 Å². The maximum absolute atomic E-state index is 13.6. The van der Waals surface area contributed by atoms with Crippen molar-refractivity contribution < 1.29 is 9.18 Å². The van der Waals surface area contributed by atoms with E-state index >= 15 is 0 Å². The monoisotopic (exact) mass is 367 g/mol. The first-order valence-electron chi connectivity index (χ1n) is 9.17. The molecule has 2 aromatic heterocycles. The summed E-state index contributed by atoms with van der Waals surface area (Å²) in [5.41, 5.74) is 2.60. The molecule has 1 aromatic carbocycles. The van der Waals surface area contributed by atoms with Crippen molar-refractivity contribution in [2.24, 2.45) is 0 Å². The Hall–Kier alpha value is -2.96. The third-order valence-corrected chi connectivity index (χ3v) is 5.08. The Balaban J connectivity index is 1.44. The third kappa shape index (κ3) is 3.77. The van der Waals surface area contributed by atoms with Gasteiger partial charge in [-0.1, -0.05) is 0 Å². The van der Waals surface area contributed by atoms with Gasteiger partial charge in [0.1, 0.15) is 11.6 Å². The number of piperidine rings is 1. The molecule has 6 nitrogen and oxygen atoms in total. The largest absolute Gasteiger partial charge is 0.358 e. The molecule has 1 atom stereocenters. The Morgan fingerprint density at radius 2 is 2.30 bits per heavy atom. The maximum atomic E-state index is 13.6. The molecule has 0 saturated carbocycles. The van der Waals surface area contributed by atoms with Crippen LogP contribution in [-0.4, -0.2) is 40.0 Å². The van der Waals surface area contributed by atoms with Crippen LogP contribution in [0.1, 0.15) is 24.1 Å². The summed E-state index contributed by atoms with van der Waals surface area (Å²) in [6.45, 7) is 3.54. The molecular formula is C20H22FN5O. The molecule has 27 heavy (non-hydrogen) atoms. The zero-order valence-corrected chi connectivity index (χ0v) is 15.2. The standard InChI is InChI=1S/C20H22FN5O/c1-13-16(17-9-14(21)4-5-18(17)24-13)10-20(27)25-15-3-2-8-26(12-15)19-11-22-6-7-23-19/h4-7,9,11,15,24H,2-3,8,10,12H2,1H3,(H,25,27)/t15-/m1/s1. The summed E-state index contributed by atoms with van der Waals surface area (Å²) in [4.78, 5) is 26.5. The number of anilines is 1. The van der Waals surface area contributed by atoms with Crippen molar-refractivity contribution in [1.29, 1.82) is 0 Å². The number of amides is 1. The summed E-state index contributed by atoms with van der Waals surface area (Å²) in [6, 6.07) is 4.68. The lowest BCUT2D eigenvalue weighted by molar-refractivity contribution is -0.121. The van der Waals surface area contributed by atoms with Gasteiger partial charge in [0.25, 0.3) is 0 Å². The van der Waals surface area contributed by atoms with Crippen LogP contribution in [0, 0.1) is 12.7 Å². The van der Waals surface area contributed by atoms with Crippen LogP contribution in [-0.2, 0) is 11.2 Å². The van der Waals surface area contributed by atoms with Crippen molar-refractivity contribution in [3.8, 4) is 0 Å². The van der Waals surface area contributed by atoms with Gasteiger partial charge < -0.3 is 15.2 Å². The van der Waals surface area contributed by atoms with E-state index in [1.54, 1.807) is 24.7 Å². The minimum atomic E-state index is -0.296. The van der Waals surface area contributed by atoms with Gasteiger partial charge in [-0.3, -0.25) is 9.78 Å². The topological polar surface area (TPSA) is 73.9 Å². The van der Waals surface area contributed by atoms with Crippen molar-refractivity contribution in [3.05, 3.63) is 53.9 Å². The highest BCUT2D eigenvalue weighted by molar-refractivity contribution is 5.90. The van der Waals surface area contributed by atoms with Crippen molar-refractivity contribution in [1.82, 2.24) is 20.3 Å². The van der Waals surface area contributed by atoms with Gasteiger partial charge in [0.05, 0.1) is 12.6 Å². The Morgan fingerprint density at radius 1 is 1.41 bits per heavy atom. The molecule has 7 heteroatoms. The predicted molar refractivity (Wildman–Crippen MR) is 102 cm³/mol. The second kappa shape index (κ2) is 7.34. The minimum absolute atomic E-state index is 0.0470. The number of carbonyl (C=O) groups excluding carboxylic acids is 1. The van der Waals surface area contributed by atoms with Crippen LogP contribution >= 0.6 is 0 Å². The Bertz CT molecular complexity index is 956. The minimum Gasteiger partial charge on any atom is -0.358 e. The highest BCUT2D eigenvalue weighted by Gasteiger charge is 2.23. The molecule has 0 unspecified atom stereocenters. The molecule has 0 aliphatic carbocycles. The van der Waals surface area contributed by atoms with Crippen molar-refractivity contribution in [2.75, 3.05) is 18.0 Å². The number of nitrogens with one attached hydrogen (secondary N) is 2. The van der Waals surface area contributed by atoms with E-state index in [0.29, 0.717) is 6.54 Å². The van der Waals surface area contributed by atoms with Gasteiger partial charge in [-0.05, 0) is 43.5 Å². The number of carbonyl (C=O) groups is 1. The highest BCUT2D eigenvalue weighted by atomic mass is 19.1. The van der Waals surface area contributed by atoms with E-state index in [1.165, 1.54) is 12.1 Å². The number of aryl methyl sites for hydroxylation is 1. The Labute approximate surface area is 156 Å². The van der Waals surface area contributed by atoms with E-state index in [0.717, 1.165) is 47.4 Å². The molecule has 3 aromatic rings. The van der Waals surface area contributed by atoms with E-state index in [2.05, 4.69) is 25.2 Å². The van der Waals surface area contributed by atoms with Crippen LogP contribution in [0.2, 0.25) is 0 Å². The maximum Gasteiger partial charge on any atom is 0.224 e. The van der Waals surface area contributed by atoms with Gasteiger partial charge in [-0.25, -0.2) is 9.37 Å². The van der Waals surface area contributed by atoms with Gasteiger partial charge >= 0.3 is 0 Å². The number of hydrogen-bond acceptors (Lipinski definition) is 4. The number of H-pyrrole nitrogens is 1. The van der Waals surface area contributed by atoms with Crippen molar-refractivity contribution in [3.63, 3.8) is 0 Å². The smallest absolute Gasteiger partial charge is 0.224 e. The lowest BCUT2D eigenvalue weighted by Gasteiger charge is -2.33. The molecule has 1 saturated heterocycles. The summed E-state index contributed by atoms with van der Waals surface area (Å²) < 4.78 is 13.6. The molecule has 3 heterocycles. The van der Waals surface area contributed by atoms with Crippen molar-refractivity contribution >= 4 is 22.6 Å². The Morgan fingerprint density at radius 3 is 3.11 bits per heavy atom. The normalized spacial score (nSPS) is 17.3. The third-order valence-electron chi connectivity index (χ3n) is 5.08. The van der Waals surface area contributed by atoms with Gasteiger partial charge in [0.15, 0.2) is 0 Å². The van der Waals surface area contributed by atoms with Gasteiger partial charge in [0.2, 0.25) is 5.91 Å². The van der Waals surface area contributed by atoms with Crippen LogP contribution in [0.25, 0.3) is 10.9 Å². The lowest BCUT2D eigenvalue weighted by Crippen LogP contribution is -2.48. The zero-order valence-electron chi connectivity index (χ0n) is 15.2. The highest BCUT2D eigenvalue weighted by Crippen LogP contribution is 2.24. The van der Waals surface area contributed by atoms with Crippen LogP contribution < -0.4 is 10.2 Å². The quantitative estimate of drug-likeness (QED) is 0.744. The molecule has 1 amide bonds. The lowest BCUT2D eigenvalue weighted by atomic mass is 10.0. The molecule has 1 aliphatic heterocycles. The van der Waals surface area contributed by atoms with E-state index in [-0.39, 0.29) is 24.2 Å². The second-order valence-electron chi connectivity index (χ2n) is 7.01. The number of halogens is 1. The molecular weight excluding hydrogens is 345 g/mol. The van der Waals surface area contributed by atoms with Crippen LogP contribution in [0.3, 0.4) is 0 Å². The fourth-order valence-corrected chi connectivity index (χ4v) is 3.78. The van der Waals surface area contributed by atoms with E-state index in [4.69, 9.17) is 0 Å². The average Bonchev–Trinajstić information content (AvgIpc) is 2.97. The summed E-state index contributed by atoms with van der Waals surface area (Å²) >= 11 is 0. The van der Waals surface area contributed by atoms with Crippen molar-refractivity contribution in [2.45, 2.75) is 32.2 Å². The molecule has 0 radical (unpaired) electrons. The SMILES string of the molecule is Cc1[nH]c2ccc(F)cc2c1CC(=O)N[C@@H]1CCCN(c2cnccn2)C1. The number of hydrogen-bond donors (Lipinski definition) is 2. The first-order valence-corrected chi connectivity index (χ1v) is 9.17. The number of aromatic nitrogens is 3. The van der Waals surface area contributed by atoms with Gasteiger partial charge in [-0.15, -0.1) is 0 Å². The number of fused-ring (bicyclic) bond motifs is 1.